The van der Waals surface area contributed by atoms with Gasteiger partial charge in [0.15, 0.2) is 5.82 Å². The number of amides is 1. The highest BCUT2D eigenvalue weighted by Gasteiger charge is 2.53. The first-order valence-electron chi connectivity index (χ1n) is 9.97. The Morgan fingerprint density at radius 1 is 1.04 bits per heavy atom. The molecule has 1 aromatic carbocycles. The number of anilines is 1. The maximum absolute atomic E-state index is 13.3. The predicted octanol–water partition coefficient (Wildman–Crippen LogP) is 2.89. The van der Waals surface area contributed by atoms with Crippen LogP contribution in [0.4, 0.5) is 5.82 Å². The number of nitrogens with zero attached hydrogens (tertiary/aromatic N) is 4. The largest absolute Gasteiger partial charge is 0.354 e. The summed E-state index contributed by atoms with van der Waals surface area (Å²) in [5.74, 6) is 2.33. The minimum absolute atomic E-state index is 0.268. The second-order valence-corrected chi connectivity index (χ2v) is 7.87. The number of rotatable bonds is 4. The van der Waals surface area contributed by atoms with Gasteiger partial charge in [0.25, 0.3) is 0 Å². The third-order valence-electron chi connectivity index (χ3n) is 6.04. The molecule has 0 unspecified atom stereocenters. The van der Waals surface area contributed by atoms with E-state index in [4.69, 9.17) is 0 Å². The van der Waals surface area contributed by atoms with Gasteiger partial charge in [-0.25, -0.2) is 0 Å². The van der Waals surface area contributed by atoms with E-state index < -0.39 is 0 Å². The number of aromatic nitrogens is 3. The van der Waals surface area contributed by atoms with Crippen molar-refractivity contribution in [2.24, 2.45) is 0 Å². The van der Waals surface area contributed by atoms with Crippen LogP contribution in [0.1, 0.15) is 24.1 Å². The maximum Gasteiger partial charge on any atom is 0.233 e. The van der Waals surface area contributed by atoms with Crippen molar-refractivity contribution in [2.75, 3.05) is 31.1 Å². The molecule has 3 heterocycles. The molecule has 3 aromatic rings. The molecule has 1 N–H and O–H groups in total. The SMILES string of the molecule is Cc1cc(-n2cccc2N2CCN(C(=O)C3(c4ccccc4)CC3)CC2)n[nH]1. The summed E-state index contributed by atoms with van der Waals surface area (Å²) >= 11 is 0. The van der Waals surface area contributed by atoms with Crippen LogP contribution in [0.15, 0.2) is 54.7 Å². The molecule has 1 saturated heterocycles. The summed E-state index contributed by atoms with van der Waals surface area (Å²) in [5.41, 5.74) is 1.95. The van der Waals surface area contributed by atoms with Crippen molar-refractivity contribution in [3.8, 4) is 5.82 Å². The van der Waals surface area contributed by atoms with Gasteiger partial charge >= 0.3 is 0 Å². The van der Waals surface area contributed by atoms with Crippen molar-refractivity contribution in [3.05, 3.63) is 66.0 Å². The van der Waals surface area contributed by atoms with Crippen molar-refractivity contribution >= 4 is 11.7 Å². The van der Waals surface area contributed by atoms with Crippen LogP contribution in [-0.4, -0.2) is 51.8 Å². The van der Waals surface area contributed by atoms with E-state index in [-0.39, 0.29) is 5.41 Å². The number of H-pyrrole nitrogens is 1. The van der Waals surface area contributed by atoms with Crippen LogP contribution in [-0.2, 0) is 10.2 Å². The van der Waals surface area contributed by atoms with Crippen LogP contribution in [0, 0.1) is 6.92 Å². The number of carbonyl (C=O) groups is 1. The van der Waals surface area contributed by atoms with Crippen LogP contribution < -0.4 is 4.90 Å². The molecular weight excluding hydrogens is 350 g/mol. The van der Waals surface area contributed by atoms with Crippen molar-refractivity contribution in [3.63, 3.8) is 0 Å². The zero-order valence-electron chi connectivity index (χ0n) is 16.1. The Kier molecular flexibility index (Phi) is 4.00. The number of nitrogens with one attached hydrogen (secondary N) is 1. The Balaban J connectivity index is 1.29. The molecule has 2 aliphatic rings. The van der Waals surface area contributed by atoms with Gasteiger partial charge in [-0.15, -0.1) is 0 Å². The fourth-order valence-electron chi connectivity index (χ4n) is 4.30. The topological polar surface area (TPSA) is 57.2 Å². The minimum atomic E-state index is -0.268. The molecule has 144 valence electrons. The number of hydrogen-bond donors (Lipinski definition) is 1. The highest BCUT2D eigenvalue weighted by Crippen LogP contribution is 2.49. The first-order valence-corrected chi connectivity index (χ1v) is 9.97. The van der Waals surface area contributed by atoms with Gasteiger partial charge in [-0.2, -0.15) is 5.10 Å². The van der Waals surface area contributed by atoms with Gasteiger partial charge in [-0.3, -0.25) is 14.5 Å². The molecule has 0 bridgehead atoms. The number of benzene rings is 1. The summed E-state index contributed by atoms with van der Waals surface area (Å²) in [6.07, 6.45) is 3.98. The van der Waals surface area contributed by atoms with Gasteiger partial charge in [0.1, 0.15) is 5.82 Å². The van der Waals surface area contributed by atoms with Crippen molar-refractivity contribution in [1.82, 2.24) is 19.7 Å². The molecule has 1 aliphatic heterocycles. The number of aromatic amines is 1. The summed E-state index contributed by atoms with van der Waals surface area (Å²) in [4.78, 5) is 17.7. The Labute approximate surface area is 164 Å². The molecule has 0 radical (unpaired) electrons. The van der Waals surface area contributed by atoms with Gasteiger partial charge in [-0.05, 0) is 37.5 Å². The summed E-state index contributed by atoms with van der Waals surface area (Å²) in [5, 5.41) is 7.38. The lowest BCUT2D eigenvalue weighted by Crippen LogP contribution is -2.52. The standard InChI is InChI=1S/C22H25N5O/c1-17-16-19(24-23-17)27-11-5-8-20(27)25-12-14-26(15-13-25)21(28)22(9-10-22)18-6-3-2-4-7-18/h2-8,11,16H,9-10,12-15H2,1H3,(H,23,24). The van der Waals surface area contributed by atoms with Crippen molar-refractivity contribution < 1.29 is 4.79 Å². The molecule has 0 spiro atoms. The monoisotopic (exact) mass is 375 g/mol. The fourth-order valence-corrected chi connectivity index (χ4v) is 4.30. The van der Waals surface area contributed by atoms with Crippen LogP contribution in [0.2, 0.25) is 0 Å². The van der Waals surface area contributed by atoms with Gasteiger partial charge in [0.05, 0.1) is 5.41 Å². The van der Waals surface area contributed by atoms with Gasteiger partial charge in [0, 0.05) is 44.1 Å². The average molecular weight is 375 g/mol. The molecule has 6 heteroatoms. The van der Waals surface area contributed by atoms with Gasteiger partial charge in [0.2, 0.25) is 5.91 Å². The summed E-state index contributed by atoms with van der Waals surface area (Å²) < 4.78 is 2.10. The Morgan fingerprint density at radius 3 is 2.43 bits per heavy atom. The molecule has 6 nitrogen and oxygen atoms in total. The van der Waals surface area contributed by atoms with Gasteiger partial charge in [-0.1, -0.05) is 30.3 Å². The second-order valence-electron chi connectivity index (χ2n) is 7.87. The first kappa shape index (κ1) is 17.1. The van der Waals surface area contributed by atoms with E-state index in [1.165, 1.54) is 5.56 Å². The van der Waals surface area contributed by atoms with Crippen LogP contribution in [0.25, 0.3) is 5.82 Å². The number of carbonyl (C=O) groups excluding carboxylic acids is 1. The molecule has 1 saturated carbocycles. The molecule has 1 aliphatic carbocycles. The van der Waals surface area contributed by atoms with E-state index in [0.717, 1.165) is 56.4 Å². The van der Waals surface area contributed by atoms with Crippen molar-refractivity contribution in [2.45, 2.75) is 25.2 Å². The van der Waals surface area contributed by atoms with E-state index in [0.29, 0.717) is 5.91 Å². The summed E-state index contributed by atoms with van der Waals surface area (Å²) in [7, 11) is 0. The Morgan fingerprint density at radius 2 is 1.79 bits per heavy atom. The van der Waals surface area contributed by atoms with Crippen LogP contribution in [0.3, 0.4) is 0 Å². The van der Waals surface area contributed by atoms with Crippen LogP contribution >= 0.6 is 0 Å². The number of aryl methyl sites for hydroxylation is 1. The molecule has 2 fully saturated rings. The molecule has 2 aromatic heterocycles. The zero-order chi connectivity index (χ0) is 19.1. The fraction of sp³-hybridized carbons (Fsp3) is 0.364. The smallest absolute Gasteiger partial charge is 0.233 e. The highest BCUT2D eigenvalue weighted by molar-refractivity contribution is 5.91. The third kappa shape index (κ3) is 2.80. The molecule has 28 heavy (non-hydrogen) atoms. The normalized spacial score (nSPS) is 18.3. The predicted molar refractivity (Wildman–Crippen MR) is 109 cm³/mol. The zero-order valence-corrected chi connectivity index (χ0v) is 16.1. The first-order chi connectivity index (χ1) is 13.7. The Hall–Kier alpha value is -3.02. The van der Waals surface area contributed by atoms with E-state index in [9.17, 15) is 4.79 Å². The lowest BCUT2D eigenvalue weighted by atomic mass is 9.94. The van der Waals surface area contributed by atoms with E-state index in [1.807, 2.05) is 43.5 Å². The highest BCUT2D eigenvalue weighted by atomic mass is 16.2. The molecular formula is C22H25N5O. The molecule has 5 rings (SSSR count). The second kappa shape index (κ2) is 6.55. The van der Waals surface area contributed by atoms with E-state index >= 15 is 0 Å². The average Bonchev–Trinajstić information content (AvgIpc) is 3.20. The summed E-state index contributed by atoms with van der Waals surface area (Å²) in [6, 6.07) is 16.5. The van der Waals surface area contributed by atoms with Gasteiger partial charge < -0.3 is 9.80 Å². The lowest BCUT2D eigenvalue weighted by molar-refractivity contribution is -0.134. The van der Waals surface area contributed by atoms with Crippen LogP contribution in [0.5, 0.6) is 0 Å². The molecule has 0 atom stereocenters. The Bertz CT molecular complexity index is 977. The number of piperazine rings is 1. The summed E-state index contributed by atoms with van der Waals surface area (Å²) in [6.45, 7) is 5.20. The lowest BCUT2D eigenvalue weighted by Gasteiger charge is -2.38. The maximum atomic E-state index is 13.3. The van der Waals surface area contributed by atoms with E-state index in [1.54, 1.807) is 0 Å². The minimum Gasteiger partial charge on any atom is -0.354 e. The van der Waals surface area contributed by atoms with Crippen molar-refractivity contribution in [1.29, 1.82) is 0 Å². The molecule has 1 amide bonds. The van der Waals surface area contributed by atoms with E-state index in [2.05, 4.69) is 42.8 Å². The third-order valence-corrected chi connectivity index (χ3v) is 6.04. The quantitative estimate of drug-likeness (QED) is 0.763. The number of hydrogen-bond acceptors (Lipinski definition) is 3.